The van der Waals surface area contributed by atoms with Crippen molar-refractivity contribution in [2.45, 2.75) is 12.8 Å². The fourth-order valence-electron chi connectivity index (χ4n) is 2.04. The fraction of sp³-hybridized carbons (Fsp3) is 0.385. The van der Waals surface area contributed by atoms with Crippen molar-refractivity contribution in [3.8, 4) is 0 Å². The highest BCUT2D eigenvalue weighted by molar-refractivity contribution is 5.93. The van der Waals surface area contributed by atoms with Gasteiger partial charge in [0.2, 0.25) is 5.91 Å². The smallest absolute Gasteiger partial charge is 0.335 e. The minimum absolute atomic E-state index is 0.0556. The van der Waals surface area contributed by atoms with E-state index in [4.69, 9.17) is 5.11 Å². The first-order valence-electron chi connectivity index (χ1n) is 6.01. The van der Waals surface area contributed by atoms with Crippen molar-refractivity contribution in [2.75, 3.05) is 25.0 Å². The van der Waals surface area contributed by atoms with E-state index in [-0.39, 0.29) is 11.5 Å². The van der Waals surface area contributed by atoms with Gasteiger partial charge in [0.1, 0.15) is 0 Å². The Kier molecular flexibility index (Phi) is 3.94. The standard InChI is InChI=1S/C13H16N2O3/c16-12(9-15-7-1-2-8-15)14-11-5-3-10(4-6-11)13(17)18/h3-6H,1-2,7-9H2,(H,14,16)(H,17,18). The molecule has 18 heavy (non-hydrogen) atoms. The highest BCUT2D eigenvalue weighted by Gasteiger charge is 2.15. The first-order valence-corrected chi connectivity index (χ1v) is 6.01. The summed E-state index contributed by atoms with van der Waals surface area (Å²) in [5.74, 6) is -1.02. The van der Waals surface area contributed by atoms with Crippen LogP contribution in [0.15, 0.2) is 24.3 Å². The van der Waals surface area contributed by atoms with Gasteiger partial charge in [-0.1, -0.05) is 0 Å². The van der Waals surface area contributed by atoms with E-state index >= 15 is 0 Å². The Labute approximate surface area is 105 Å². The number of likely N-dealkylation sites (tertiary alicyclic amines) is 1. The largest absolute Gasteiger partial charge is 0.478 e. The predicted molar refractivity (Wildman–Crippen MR) is 67.7 cm³/mol. The third-order valence-corrected chi connectivity index (χ3v) is 2.98. The molecule has 1 heterocycles. The molecule has 0 aliphatic carbocycles. The molecule has 0 saturated carbocycles. The van der Waals surface area contributed by atoms with Crippen molar-refractivity contribution in [2.24, 2.45) is 0 Å². The Balaban J connectivity index is 1.88. The van der Waals surface area contributed by atoms with Crippen LogP contribution in [0.3, 0.4) is 0 Å². The molecule has 1 aromatic rings. The van der Waals surface area contributed by atoms with Gasteiger partial charge in [-0.15, -0.1) is 0 Å². The number of carbonyl (C=O) groups is 2. The molecule has 2 N–H and O–H groups in total. The van der Waals surface area contributed by atoms with Crippen molar-refractivity contribution in [1.29, 1.82) is 0 Å². The molecule has 2 rings (SSSR count). The lowest BCUT2D eigenvalue weighted by Gasteiger charge is -2.14. The number of hydrogen-bond acceptors (Lipinski definition) is 3. The van der Waals surface area contributed by atoms with Gasteiger partial charge in [0, 0.05) is 5.69 Å². The zero-order valence-corrected chi connectivity index (χ0v) is 10.1. The summed E-state index contributed by atoms with van der Waals surface area (Å²) in [6.07, 6.45) is 2.31. The first kappa shape index (κ1) is 12.6. The van der Waals surface area contributed by atoms with Crippen molar-refractivity contribution in [3.05, 3.63) is 29.8 Å². The topological polar surface area (TPSA) is 69.6 Å². The number of amides is 1. The maximum Gasteiger partial charge on any atom is 0.335 e. The van der Waals surface area contributed by atoms with Gasteiger partial charge < -0.3 is 10.4 Å². The van der Waals surface area contributed by atoms with E-state index in [9.17, 15) is 9.59 Å². The van der Waals surface area contributed by atoms with Gasteiger partial charge in [0.05, 0.1) is 12.1 Å². The van der Waals surface area contributed by atoms with E-state index in [0.717, 1.165) is 25.9 Å². The van der Waals surface area contributed by atoms with Crippen LogP contribution >= 0.6 is 0 Å². The molecule has 1 fully saturated rings. The number of aromatic carboxylic acids is 1. The monoisotopic (exact) mass is 248 g/mol. The molecule has 5 heteroatoms. The lowest BCUT2D eigenvalue weighted by molar-refractivity contribution is -0.117. The Bertz CT molecular complexity index is 436. The van der Waals surface area contributed by atoms with Crippen molar-refractivity contribution >= 4 is 17.6 Å². The summed E-state index contributed by atoms with van der Waals surface area (Å²) in [4.78, 5) is 24.5. The highest BCUT2D eigenvalue weighted by Crippen LogP contribution is 2.11. The molecule has 1 aliphatic heterocycles. The maximum atomic E-state index is 11.7. The Morgan fingerprint density at radius 2 is 1.78 bits per heavy atom. The number of carboxylic acid groups (broad SMARTS) is 1. The molecule has 1 aromatic carbocycles. The van der Waals surface area contributed by atoms with Crippen LogP contribution in [0.2, 0.25) is 0 Å². The van der Waals surface area contributed by atoms with Gasteiger partial charge in [-0.05, 0) is 50.2 Å². The second-order valence-electron chi connectivity index (χ2n) is 4.41. The van der Waals surface area contributed by atoms with Gasteiger partial charge in [0.25, 0.3) is 0 Å². The summed E-state index contributed by atoms with van der Waals surface area (Å²) in [6.45, 7) is 2.36. The van der Waals surface area contributed by atoms with Crippen LogP contribution in [0, 0.1) is 0 Å². The summed E-state index contributed by atoms with van der Waals surface area (Å²) >= 11 is 0. The van der Waals surface area contributed by atoms with Crippen LogP contribution in [0.4, 0.5) is 5.69 Å². The zero-order valence-electron chi connectivity index (χ0n) is 10.1. The SMILES string of the molecule is O=C(CN1CCCC1)Nc1ccc(C(=O)O)cc1. The first-order chi connectivity index (χ1) is 8.65. The number of carboxylic acids is 1. The Hall–Kier alpha value is -1.88. The molecule has 5 nitrogen and oxygen atoms in total. The van der Waals surface area contributed by atoms with Crippen LogP contribution in [0.5, 0.6) is 0 Å². The van der Waals surface area contributed by atoms with E-state index in [1.807, 2.05) is 0 Å². The zero-order chi connectivity index (χ0) is 13.0. The van der Waals surface area contributed by atoms with Gasteiger partial charge in [-0.2, -0.15) is 0 Å². The summed E-state index contributed by atoms with van der Waals surface area (Å²) in [7, 11) is 0. The average Bonchev–Trinajstić information content (AvgIpc) is 2.82. The van der Waals surface area contributed by atoms with Crippen LogP contribution in [-0.4, -0.2) is 41.5 Å². The van der Waals surface area contributed by atoms with Crippen LogP contribution in [0.25, 0.3) is 0 Å². The fourth-order valence-corrected chi connectivity index (χ4v) is 2.04. The predicted octanol–water partition coefficient (Wildman–Crippen LogP) is 1.42. The van der Waals surface area contributed by atoms with E-state index in [1.54, 1.807) is 12.1 Å². The molecular formula is C13H16N2O3. The molecule has 1 aliphatic rings. The summed E-state index contributed by atoms with van der Waals surface area (Å²) < 4.78 is 0. The normalized spacial score (nSPS) is 15.6. The van der Waals surface area contributed by atoms with Crippen molar-refractivity contribution < 1.29 is 14.7 Å². The van der Waals surface area contributed by atoms with Gasteiger partial charge in [-0.25, -0.2) is 4.79 Å². The minimum atomic E-state index is -0.968. The number of carbonyl (C=O) groups excluding carboxylic acids is 1. The summed E-state index contributed by atoms with van der Waals surface area (Å²) in [5, 5.41) is 11.5. The molecular weight excluding hydrogens is 232 g/mol. The van der Waals surface area contributed by atoms with Crippen LogP contribution in [-0.2, 0) is 4.79 Å². The second-order valence-corrected chi connectivity index (χ2v) is 4.41. The molecule has 0 radical (unpaired) electrons. The quantitative estimate of drug-likeness (QED) is 0.845. The lowest BCUT2D eigenvalue weighted by atomic mass is 10.2. The number of anilines is 1. The number of rotatable bonds is 4. The molecule has 0 aromatic heterocycles. The molecule has 0 spiro atoms. The molecule has 96 valence electrons. The minimum Gasteiger partial charge on any atom is -0.478 e. The lowest BCUT2D eigenvalue weighted by Crippen LogP contribution is -2.30. The van der Waals surface area contributed by atoms with Crippen LogP contribution < -0.4 is 5.32 Å². The highest BCUT2D eigenvalue weighted by atomic mass is 16.4. The number of hydrogen-bond donors (Lipinski definition) is 2. The van der Waals surface area contributed by atoms with Crippen molar-refractivity contribution in [3.63, 3.8) is 0 Å². The average molecular weight is 248 g/mol. The van der Waals surface area contributed by atoms with E-state index in [0.29, 0.717) is 12.2 Å². The molecule has 0 bridgehead atoms. The van der Waals surface area contributed by atoms with E-state index in [1.165, 1.54) is 12.1 Å². The van der Waals surface area contributed by atoms with Gasteiger partial charge in [0.15, 0.2) is 0 Å². The molecule has 0 atom stereocenters. The Morgan fingerprint density at radius 1 is 1.17 bits per heavy atom. The molecule has 1 saturated heterocycles. The molecule has 1 amide bonds. The molecule has 0 unspecified atom stereocenters. The third kappa shape index (κ3) is 3.30. The number of benzene rings is 1. The summed E-state index contributed by atoms with van der Waals surface area (Å²) in [5.41, 5.74) is 0.844. The summed E-state index contributed by atoms with van der Waals surface area (Å²) in [6, 6.07) is 6.16. The van der Waals surface area contributed by atoms with Gasteiger partial charge in [-0.3, -0.25) is 9.69 Å². The maximum absolute atomic E-state index is 11.7. The van der Waals surface area contributed by atoms with Crippen molar-refractivity contribution in [1.82, 2.24) is 4.90 Å². The second kappa shape index (κ2) is 5.64. The van der Waals surface area contributed by atoms with E-state index < -0.39 is 5.97 Å². The Morgan fingerprint density at radius 3 is 2.33 bits per heavy atom. The third-order valence-electron chi connectivity index (χ3n) is 2.98. The van der Waals surface area contributed by atoms with E-state index in [2.05, 4.69) is 10.2 Å². The number of nitrogens with zero attached hydrogens (tertiary/aromatic N) is 1. The number of nitrogens with one attached hydrogen (secondary N) is 1. The van der Waals surface area contributed by atoms with Crippen LogP contribution in [0.1, 0.15) is 23.2 Å². The van der Waals surface area contributed by atoms with Gasteiger partial charge >= 0.3 is 5.97 Å².